The van der Waals surface area contributed by atoms with Gasteiger partial charge >= 0.3 is 0 Å². The van der Waals surface area contributed by atoms with E-state index in [-0.39, 0.29) is 0 Å². The Kier molecular flexibility index (Phi) is 4.14. The monoisotopic (exact) mass is 211 g/mol. The van der Waals surface area contributed by atoms with Gasteiger partial charge in [-0.3, -0.25) is 4.21 Å². The standard InChI is InChI=1S/C11H17NOS/c1-9(2)7-8-14(13)11-5-3-10(12)4-6-11/h3-6,9H,7-8,12H2,1-2H3. The van der Waals surface area contributed by atoms with Gasteiger partial charge in [0, 0.05) is 16.3 Å². The zero-order valence-corrected chi connectivity index (χ0v) is 9.51. The van der Waals surface area contributed by atoms with E-state index >= 15 is 0 Å². The molecule has 3 heteroatoms. The molecule has 0 aliphatic heterocycles. The van der Waals surface area contributed by atoms with E-state index < -0.39 is 10.8 Å². The molecule has 1 aromatic rings. The van der Waals surface area contributed by atoms with Gasteiger partial charge in [0.25, 0.3) is 0 Å². The van der Waals surface area contributed by atoms with Crippen LogP contribution in [0.4, 0.5) is 5.69 Å². The van der Waals surface area contributed by atoms with Gasteiger partial charge in [-0.1, -0.05) is 13.8 Å². The van der Waals surface area contributed by atoms with Crippen molar-refractivity contribution in [3.8, 4) is 0 Å². The second-order valence-corrected chi connectivity index (χ2v) is 5.37. The first-order valence-corrected chi connectivity index (χ1v) is 6.15. The van der Waals surface area contributed by atoms with E-state index in [4.69, 9.17) is 5.73 Å². The Morgan fingerprint density at radius 1 is 1.29 bits per heavy atom. The van der Waals surface area contributed by atoms with E-state index in [9.17, 15) is 4.21 Å². The number of nitrogens with two attached hydrogens (primary N) is 1. The van der Waals surface area contributed by atoms with Crippen molar-refractivity contribution >= 4 is 16.5 Å². The summed E-state index contributed by atoms with van der Waals surface area (Å²) in [5, 5.41) is 0. The van der Waals surface area contributed by atoms with E-state index in [1.807, 2.05) is 12.1 Å². The minimum atomic E-state index is -0.868. The highest BCUT2D eigenvalue weighted by molar-refractivity contribution is 7.85. The third-order valence-electron chi connectivity index (χ3n) is 2.02. The first kappa shape index (κ1) is 11.2. The summed E-state index contributed by atoms with van der Waals surface area (Å²) in [6.07, 6.45) is 0.997. The second kappa shape index (κ2) is 5.15. The summed E-state index contributed by atoms with van der Waals surface area (Å²) in [7, 11) is -0.868. The van der Waals surface area contributed by atoms with Gasteiger partial charge in [-0.15, -0.1) is 0 Å². The Morgan fingerprint density at radius 2 is 1.86 bits per heavy atom. The lowest BCUT2D eigenvalue weighted by Gasteiger charge is -2.04. The highest BCUT2D eigenvalue weighted by atomic mass is 32.2. The van der Waals surface area contributed by atoms with Crippen molar-refractivity contribution in [2.45, 2.75) is 25.2 Å². The highest BCUT2D eigenvalue weighted by Crippen LogP contribution is 2.12. The Balaban J connectivity index is 2.57. The molecule has 1 atom stereocenters. The maximum Gasteiger partial charge on any atom is 0.0529 e. The van der Waals surface area contributed by atoms with Crippen LogP contribution in [0.1, 0.15) is 20.3 Å². The molecule has 0 aliphatic rings. The Labute approximate surface area is 88.0 Å². The van der Waals surface area contributed by atoms with Gasteiger partial charge in [-0.05, 0) is 36.6 Å². The maximum absolute atomic E-state index is 11.7. The van der Waals surface area contributed by atoms with Crippen molar-refractivity contribution in [2.24, 2.45) is 5.92 Å². The molecule has 0 saturated heterocycles. The first-order valence-electron chi connectivity index (χ1n) is 4.83. The number of anilines is 1. The molecule has 1 unspecified atom stereocenters. The number of benzene rings is 1. The van der Waals surface area contributed by atoms with Crippen LogP contribution in [-0.2, 0) is 10.8 Å². The van der Waals surface area contributed by atoms with Crippen LogP contribution in [0.2, 0.25) is 0 Å². The largest absolute Gasteiger partial charge is 0.399 e. The van der Waals surface area contributed by atoms with Crippen LogP contribution in [-0.4, -0.2) is 9.96 Å². The van der Waals surface area contributed by atoms with Crippen molar-refractivity contribution in [3.63, 3.8) is 0 Å². The molecule has 14 heavy (non-hydrogen) atoms. The summed E-state index contributed by atoms with van der Waals surface area (Å²) in [5.41, 5.74) is 6.27. The van der Waals surface area contributed by atoms with Crippen LogP contribution < -0.4 is 5.73 Å². The van der Waals surface area contributed by atoms with Gasteiger partial charge in [-0.2, -0.15) is 0 Å². The summed E-state index contributed by atoms with van der Waals surface area (Å²) in [5.74, 6) is 1.34. The molecule has 0 fully saturated rings. The van der Waals surface area contributed by atoms with E-state index in [1.54, 1.807) is 12.1 Å². The Hall–Kier alpha value is -0.830. The van der Waals surface area contributed by atoms with E-state index in [0.29, 0.717) is 5.92 Å². The second-order valence-electron chi connectivity index (χ2n) is 3.80. The fourth-order valence-electron chi connectivity index (χ4n) is 1.08. The van der Waals surface area contributed by atoms with Crippen molar-refractivity contribution in [3.05, 3.63) is 24.3 Å². The number of rotatable bonds is 4. The molecule has 0 spiro atoms. The first-order chi connectivity index (χ1) is 6.59. The van der Waals surface area contributed by atoms with Gasteiger partial charge in [0.05, 0.1) is 10.8 Å². The molecule has 0 aromatic heterocycles. The number of nitrogen functional groups attached to an aromatic ring is 1. The van der Waals surface area contributed by atoms with Crippen LogP contribution in [0.3, 0.4) is 0 Å². The topological polar surface area (TPSA) is 43.1 Å². The lowest BCUT2D eigenvalue weighted by Crippen LogP contribution is -2.01. The fourth-order valence-corrected chi connectivity index (χ4v) is 2.44. The Bertz CT molecular complexity index is 306. The molecule has 1 aromatic carbocycles. The molecular weight excluding hydrogens is 194 g/mol. The quantitative estimate of drug-likeness (QED) is 0.777. The van der Waals surface area contributed by atoms with Crippen molar-refractivity contribution < 1.29 is 4.21 Å². The number of hydrogen-bond donors (Lipinski definition) is 1. The maximum atomic E-state index is 11.7. The molecule has 0 aliphatic carbocycles. The molecule has 0 heterocycles. The lowest BCUT2D eigenvalue weighted by molar-refractivity contribution is 0.619. The summed E-state index contributed by atoms with van der Waals surface area (Å²) >= 11 is 0. The van der Waals surface area contributed by atoms with Crippen LogP contribution in [0.15, 0.2) is 29.2 Å². The third-order valence-corrected chi connectivity index (χ3v) is 3.43. The van der Waals surface area contributed by atoms with Gasteiger partial charge < -0.3 is 5.73 Å². The molecule has 2 nitrogen and oxygen atoms in total. The van der Waals surface area contributed by atoms with Crippen LogP contribution in [0.5, 0.6) is 0 Å². The normalized spacial score (nSPS) is 13.1. The molecule has 0 saturated carbocycles. The molecule has 0 radical (unpaired) electrons. The van der Waals surface area contributed by atoms with Crippen molar-refractivity contribution in [1.29, 1.82) is 0 Å². The summed E-state index contributed by atoms with van der Waals surface area (Å²) in [6.45, 7) is 4.28. The smallest absolute Gasteiger partial charge is 0.0529 e. The average Bonchev–Trinajstić information content (AvgIpc) is 2.15. The predicted molar refractivity (Wildman–Crippen MR) is 61.6 cm³/mol. The highest BCUT2D eigenvalue weighted by Gasteiger charge is 2.04. The van der Waals surface area contributed by atoms with E-state index in [0.717, 1.165) is 22.8 Å². The van der Waals surface area contributed by atoms with Gasteiger partial charge in [-0.25, -0.2) is 0 Å². The summed E-state index contributed by atoms with van der Waals surface area (Å²) < 4.78 is 11.7. The minimum absolute atomic E-state index is 0.604. The average molecular weight is 211 g/mol. The molecule has 0 amide bonds. The predicted octanol–water partition coefficient (Wildman–Crippen LogP) is 2.42. The SMILES string of the molecule is CC(C)CCS(=O)c1ccc(N)cc1. The Morgan fingerprint density at radius 3 is 2.36 bits per heavy atom. The van der Waals surface area contributed by atoms with E-state index in [2.05, 4.69) is 13.8 Å². The zero-order valence-electron chi connectivity index (χ0n) is 8.69. The van der Waals surface area contributed by atoms with Gasteiger partial charge in [0.1, 0.15) is 0 Å². The summed E-state index contributed by atoms with van der Waals surface area (Å²) in [4.78, 5) is 0.875. The zero-order chi connectivity index (χ0) is 10.6. The van der Waals surface area contributed by atoms with Crippen molar-refractivity contribution in [1.82, 2.24) is 0 Å². The molecule has 1 rings (SSSR count). The number of hydrogen-bond acceptors (Lipinski definition) is 2. The van der Waals surface area contributed by atoms with Crippen LogP contribution in [0, 0.1) is 5.92 Å². The molecule has 2 N–H and O–H groups in total. The lowest BCUT2D eigenvalue weighted by atomic mass is 10.2. The van der Waals surface area contributed by atoms with E-state index in [1.165, 1.54) is 0 Å². The van der Waals surface area contributed by atoms with Crippen LogP contribution in [0.25, 0.3) is 0 Å². The third kappa shape index (κ3) is 3.50. The van der Waals surface area contributed by atoms with Crippen LogP contribution >= 0.6 is 0 Å². The van der Waals surface area contributed by atoms with Gasteiger partial charge in [0.15, 0.2) is 0 Å². The minimum Gasteiger partial charge on any atom is -0.399 e. The van der Waals surface area contributed by atoms with Crippen molar-refractivity contribution in [2.75, 3.05) is 11.5 Å². The van der Waals surface area contributed by atoms with Gasteiger partial charge in [0.2, 0.25) is 0 Å². The fraction of sp³-hybridized carbons (Fsp3) is 0.455. The molecular formula is C11H17NOS. The molecule has 78 valence electrons. The molecule has 0 bridgehead atoms. The summed E-state index contributed by atoms with van der Waals surface area (Å²) in [6, 6.07) is 7.27.